The first-order valence-corrected chi connectivity index (χ1v) is 10.4. The van der Waals surface area contributed by atoms with Crippen LogP contribution in [0.1, 0.15) is 33.6 Å². The molecule has 3 aromatic rings. The van der Waals surface area contributed by atoms with E-state index >= 15 is 0 Å². The number of aryl methyl sites for hydroxylation is 1. The molecule has 0 saturated carbocycles. The molecule has 0 bridgehead atoms. The molecule has 1 saturated heterocycles. The third-order valence-electron chi connectivity index (χ3n) is 5.12. The van der Waals surface area contributed by atoms with E-state index in [0.717, 1.165) is 18.1 Å². The fourth-order valence-corrected chi connectivity index (χ4v) is 3.66. The molecule has 1 atom stereocenters. The van der Waals surface area contributed by atoms with E-state index in [4.69, 9.17) is 16.3 Å². The normalized spacial score (nSPS) is 16.1. The molecule has 0 spiro atoms. The molecule has 0 unspecified atom stereocenters. The summed E-state index contributed by atoms with van der Waals surface area (Å²) in [5.41, 5.74) is -0.339. The topological polar surface area (TPSA) is 94.0 Å². The summed E-state index contributed by atoms with van der Waals surface area (Å²) in [4.78, 5) is 25.4. The molecule has 1 fully saturated rings. The first kappa shape index (κ1) is 23.0. The summed E-state index contributed by atoms with van der Waals surface area (Å²) < 4.78 is 46.7. The number of rotatable bonds is 6. The number of hydrogen-bond acceptors (Lipinski definition) is 6. The van der Waals surface area contributed by atoms with Crippen molar-refractivity contribution in [1.82, 2.24) is 24.8 Å². The average molecular weight is 481 g/mol. The highest BCUT2D eigenvalue weighted by Gasteiger charge is 2.34. The van der Waals surface area contributed by atoms with Gasteiger partial charge in [-0.05, 0) is 25.5 Å². The number of anilines is 1. The van der Waals surface area contributed by atoms with Crippen LogP contribution in [-0.2, 0) is 17.5 Å². The number of ether oxygens (including phenoxy) is 1. The molecule has 174 valence electrons. The van der Waals surface area contributed by atoms with Gasteiger partial charge in [-0.2, -0.15) is 18.2 Å². The van der Waals surface area contributed by atoms with Crippen molar-refractivity contribution in [3.8, 4) is 5.82 Å². The monoisotopic (exact) mass is 480 g/mol. The predicted octanol–water partition coefficient (Wildman–Crippen LogP) is 3.77. The quantitative estimate of drug-likeness (QED) is 0.558. The number of alkyl halides is 3. The van der Waals surface area contributed by atoms with Crippen LogP contribution in [0.5, 0.6) is 0 Å². The number of benzene rings is 1. The highest BCUT2D eigenvalue weighted by molar-refractivity contribution is 6.31. The van der Waals surface area contributed by atoms with E-state index < -0.39 is 24.2 Å². The molecule has 33 heavy (non-hydrogen) atoms. The molecule has 0 radical (unpaired) electrons. The number of amides is 1. The van der Waals surface area contributed by atoms with Gasteiger partial charge in [0.15, 0.2) is 0 Å². The Bertz CT molecular complexity index is 1160. The maximum Gasteiger partial charge on any atom is 0.416 e. The van der Waals surface area contributed by atoms with Crippen molar-refractivity contribution in [3.05, 3.63) is 64.3 Å². The van der Waals surface area contributed by atoms with Gasteiger partial charge in [-0.1, -0.05) is 17.7 Å². The maximum atomic E-state index is 13.3. The van der Waals surface area contributed by atoms with Crippen LogP contribution in [0, 0.1) is 6.92 Å². The van der Waals surface area contributed by atoms with Gasteiger partial charge in [0.25, 0.3) is 5.91 Å². The van der Waals surface area contributed by atoms with Crippen LogP contribution >= 0.6 is 11.6 Å². The van der Waals surface area contributed by atoms with Crippen LogP contribution in [0.15, 0.2) is 36.9 Å². The largest absolute Gasteiger partial charge is 0.416 e. The summed E-state index contributed by atoms with van der Waals surface area (Å²) in [7, 11) is 0. The number of carbonyl (C=O) groups excluding carboxylic acids is 1. The van der Waals surface area contributed by atoms with Gasteiger partial charge in [0.1, 0.15) is 17.8 Å². The molecule has 1 amide bonds. The number of aromatic nitrogens is 4. The molecular weight excluding hydrogens is 461 g/mol. The van der Waals surface area contributed by atoms with Gasteiger partial charge in [0.2, 0.25) is 5.95 Å². The highest BCUT2D eigenvalue weighted by Crippen LogP contribution is 2.34. The minimum Gasteiger partial charge on any atom is -0.379 e. The number of hydrogen-bond donors (Lipinski definition) is 2. The number of carbonyl (C=O) groups is 1. The van der Waals surface area contributed by atoms with Crippen LogP contribution in [0.2, 0.25) is 5.02 Å². The van der Waals surface area contributed by atoms with Gasteiger partial charge in [0.05, 0.1) is 18.2 Å². The Morgan fingerprint density at radius 3 is 2.88 bits per heavy atom. The van der Waals surface area contributed by atoms with Crippen molar-refractivity contribution in [2.24, 2.45) is 0 Å². The Morgan fingerprint density at radius 2 is 2.15 bits per heavy atom. The van der Waals surface area contributed by atoms with E-state index in [9.17, 15) is 18.0 Å². The summed E-state index contributed by atoms with van der Waals surface area (Å²) in [5.74, 6) is 0.294. The molecule has 1 aliphatic heterocycles. The van der Waals surface area contributed by atoms with Gasteiger partial charge < -0.3 is 15.4 Å². The number of halogens is 4. The molecule has 2 N–H and O–H groups in total. The summed E-state index contributed by atoms with van der Waals surface area (Å²) in [6.45, 7) is 2.66. The second-order valence-corrected chi connectivity index (χ2v) is 7.92. The zero-order valence-electron chi connectivity index (χ0n) is 17.5. The fraction of sp³-hybridized carbons (Fsp3) is 0.333. The van der Waals surface area contributed by atoms with Crippen molar-refractivity contribution in [2.75, 3.05) is 18.5 Å². The lowest BCUT2D eigenvalue weighted by atomic mass is 10.1. The molecule has 12 heteroatoms. The summed E-state index contributed by atoms with van der Waals surface area (Å²) in [5, 5.41) is 5.57. The smallest absolute Gasteiger partial charge is 0.379 e. The number of nitrogens with zero attached hydrogens (tertiary/aromatic N) is 4. The van der Waals surface area contributed by atoms with Crippen molar-refractivity contribution in [1.29, 1.82) is 0 Å². The summed E-state index contributed by atoms with van der Waals surface area (Å²) >= 11 is 5.94. The van der Waals surface area contributed by atoms with Crippen molar-refractivity contribution in [3.63, 3.8) is 0 Å². The summed E-state index contributed by atoms with van der Waals surface area (Å²) in [6, 6.07) is 3.60. The Hall–Kier alpha value is -3.18. The molecular formula is C21H20ClF3N6O2. The van der Waals surface area contributed by atoms with E-state index in [-0.39, 0.29) is 22.3 Å². The van der Waals surface area contributed by atoms with Crippen molar-refractivity contribution >= 4 is 23.5 Å². The average Bonchev–Trinajstić information content (AvgIpc) is 3.45. The van der Waals surface area contributed by atoms with Crippen molar-refractivity contribution < 1.29 is 22.7 Å². The SMILES string of the molecule is Cc1cnc(N[C@H]2CCOC2)nc1-n1cnc(C(=O)NCc2c(Cl)cccc2C(F)(F)F)c1. The molecule has 0 aliphatic carbocycles. The maximum absolute atomic E-state index is 13.3. The van der Waals surface area contributed by atoms with E-state index in [1.54, 1.807) is 10.8 Å². The Balaban J connectivity index is 1.49. The second kappa shape index (κ2) is 9.36. The summed E-state index contributed by atoms with van der Waals surface area (Å²) in [6.07, 6.45) is 0.765. The van der Waals surface area contributed by atoms with E-state index in [2.05, 4.69) is 25.6 Å². The Morgan fingerprint density at radius 1 is 1.33 bits per heavy atom. The fourth-order valence-electron chi connectivity index (χ4n) is 3.41. The number of imidazole rings is 1. The first-order chi connectivity index (χ1) is 15.7. The van der Waals surface area contributed by atoms with Gasteiger partial charge in [-0.25, -0.2) is 9.97 Å². The van der Waals surface area contributed by atoms with Crippen LogP contribution in [0.3, 0.4) is 0 Å². The second-order valence-electron chi connectivity index (χ2n) is 7.52. The van der Waals surface area contributed by atoms with Gasteiger partial charge in [0, 0.05) is 41.7 Å². The van der Waals surface area contributed by atoms with E-state index in [0.29, 0.717) is 25.0 Å². The Labute approximate surface area is 192 Å². The lowest BCUT2D eigenvalue weighted by Gasteiger charge is -2.14. The molecule has 1 aromatic carbocycles. The molecule has 2 aromatic heterocycles. The molecule has 3 heterocycles. The predicted molar refractivity (Wildman–Crippen MR) is 114 cm³/mol. The van der Waals surface area contributed by atoms with Crippen LogP contribution in [0.4, 0.5) is 19.1 Å². The van der Waals surface area contributed by atoms with Crippen LogP contribution < -0.4 is 10.6 Å². The molecule has 4 rings (SSSR count). The van der Waals surface area contributed by atoms with Gasteiger partial charge >= 0.3 is 6.18 Å². The highest BCUT2D eigenvalue weighted by atomic mass is 35.5. The lowest BCUT2D eigenvalue weighted by Crippen LogP contribution is -2.25. The first-order valence-electron chi connectivity index (χ1n) is 10.1. The third-order valence-corrected chi connectivity index (χ3v) is 5.47. The van der Waals surface area contributed by atoms with Crippen LogP contribution in [-0.4, -0.2) is 44.7 Å². The zero-order valence-corrected chi connectivity index (χ0v) is 18.2. The minimum atomic E-state index is -4.59. The van der Waals surface area contributed by atoms with Crippen molar-refractivity contribution in [2.45, 2.75) is 32.1 Å². The third kappa shape index (κ3) is 5.25. The van der Waals surface area contributed by atoms with Gasteiger partial charge in [-0.3, -0.25) is 9.36 Å². The minimum absolute atomic E-state index is 0.0207. The number of nitrogens with one attached hydrogen (secondary N) is 2. The Kier molecular flexibility index (Phi) is 6.52. The molecule has 8 nitrogen and oxygen atoms in total. The van der Waals surface area contributed by atoms with E-state index in [1.165, 1.54) is 24.7 Å². The molecule has 1 aliphatic rings. The van der Waals surface area contributed by atoms with E-state index in [1.807, 2.05) is 6.92 Å². The lowest BCUT2D eigenvalue weighted by molar-refractivity contribution is -0.138. The zero-order chi connectivity index (χ0) is 23.6. The van der Waals surface area contributed by atoms with Gasteiger partial charge in [-0.15, -0.1) is 0 Å². The van der Waals surface area contributed by atoms with Crippen LogP contribution in [0.25, 0.3) is 5.82 Å². The standard InChI is InChI=1S/C21H20ClF3N6O2/c1-12-7-27-20(29-13-5-6-33-10-13)30-18(12)31-9-17(28-11-31)19(32)26-8-14-15(21(23,24)25)3-2-4-16(14)22/h2-4,7,9,11,13H,5-6,8,10H2,1H3,(H,26,32)(H,27,29,30)/t13-/m0/s1.